The average molecular weight is 434 g/mol. The number of carbonyl (C=O) groups is 3. The lowest BCUT2D eigenvalue weighted by atomic mass is 9.81. The molecule has 4 rings (SSSR count). The summed E-state index contributed by atoms with van der Waals surface area (Å²) in [6.07, 6.45) is 3.89. The van der Waals surface area contributed by atoms with Crippen molar-refractivity contribution in [3.63, 3.8) is 0 Å². The largest absolute Gasteiger partial charge is 0.353 e. The summed E-state index contributed by atoms with van der Waals surface area (Å²) in [4.78, 5) is 38.9. The van der Waals surface area contributed by atoms with Crippen molar-refractivity contribution in [3.05, 3.63) is 29.8 Å². The Hall–Kier alpha value is -2.42. The van der Waals surface area contributed by atoms with Gasteiger partial charge in [-0.25, -0.2) is 8.42 Å². The van der Waals surface area contributed by atoms with E-state index in [1.165, 1.54) is 11.2 Å². The second kappa shape index (κ2) is 8.02. The molecule has 3 unspecified atom stereocenters. The van der Waals surface area contributed by atoms with Crippen LogP contribution >= 0.6 is 0 Å². The minimum atomic E-state index is -3.58. The van der Waals surface area contributed by atoms with Crippen LogP contribution in [0.4, 0.5) is 5.69 Å². The molecule has 8 nitrogen and oxygen atoms in total. The fourth-order valence-electron chi connectivity index (χ4n) is 4.84. The number of hydrogen-bond acceptors (Lipinski definition) is 5. The summed E-state index contributed by atoms with van der Waals surface area (Å²) in [5, 5.41) is 2.59. The fourth-order valence-corrected chi connectivity index (χ4v) is 6.27. The topological polar surface area (TPSA) is 104 Å². The number of imide groups is 1. The number of para-hydroxylation sites is 1. The highest BCUT2D eigenvalue weighted by molar-refractivity contribution is 7.92. The molecule has 2 aliphatic heterocycles. The van der Waals surface area contributed by atoms with E-state index in [0.717, 1.165) is 23.3 Å². The van der Waals surface area contributed by atoms with E-state index in [0.29, 0.717) is 31.5 Å². The summed E-state index contributed by atoms with van der Waals surface area (Å²) in [6.45, 7) is 1.84. The molecule has 1 saturated heterocycles. The molecule has 162 valence electrons. The minimum absolute atomic E-state index is 0.0761. The fraction of sp³-hybridized carbons (Fsp3) is 0.571. The summed E-state index contributed by atoms with van der Waals surface area (Å²) >= 11 is 0. The Bertz CT molecular complexity index is 953. The lowest BCUT2D eigenvalue weighted by molar-refractivity contribution is -0.147. The number of fused-ring (bicyclic) bond motifs is 2. The maximum Gasteiger partial charge on any atom is 0.243 e. The van der Waals surface area contributed by atoms with Crippen molar-refractivity contribution in [2.45, 2.75) is 45.1 Å². The van der Waals surface area contributed by atoms with Crippen molar-refractivity contribution in [2.75, 3.05) is 23.1 Å². The van der Waals surface area contributed by atoms with Crippen molar-refractivity contribution >= 4 is 33.4 Å². The van der Waals surface area contributed by atoms with Crippen LogP contribution in [0.15, 0.2) is 24.3 Å². The maximum atomic E-state index is 12.7. The molecule has 30 heavy (non-hydrogen) atoms. The van der Waals surface area contributed by atoms with Crippen molar-refractivity contribution in [3.8, 4) is 0 Å². The molecule has 2 heterocycles. The zero-order valence-corrected chi connectivity index (χ0v) is 17.9. The Kier molecular flexibility index (Phi) is 5.57. The molecule has 3 atom stereocenters. The molecular weight excluding hydrogens is 406 g/mol. The summed E-state index contributed by atoms with van der Waals surface area (Å²) < 4.78 is 26.9. The molecule has 9 heteroatoms. The van der Waals surface area contributed by atoms with Crippen LogP contribution in [-0.4, -0.2) is 55.9 Å². The molecule has 1 saturated carbocycles. The van der Waals surface area contributed by atoms with Crippen LogP contribution in [0.5, 0.6) is 0 Å². The van der Waals surface area contributed by atoms with Crippen LogP contribution < -0.4 is 9.62 Å². The monoisotopic (exact) mass is 433 g/mol. The number of anilines is 1. The highest BCUT2D eigenvalue weighted by Crippen LogP contribution is 2.38. The van der Waals surface area contributed by atoms with Crippen molar-refractivity contribution in [2.24, 2.45) is 11.8 Å². The van der Waals surface area contributed by atoms with Gasteiger partial charge in [-0.05, 0) is 37.8 Å². The Morgan fingerprint density at radius 1 is 1.13 bits per heavy atom. The Morgan fingerprint density at radius 2 is 1.77 bits per heavy atom. The number of rotatable bonds is 6. The van der Waals surface area contributed by atoms with Crippen LogP contribution in [-0.2, 0) is 30.8 Å². The minimum Gasteiger partial charge on any atom is -0.353 e. The number of benzene rings is 1. The van der Waals surface area contributed by atoms with Gasteiger partial charge < -0.3 is 5.32 Å². The van der Waals surface area contributed by atoms with Gasteiger partial charge in [0.1, 0.15) is 6.04 Å². The molecule has 1 aromatic carbocycles. The second-order valence-corrected chi connectivity index (χ2v) is 10.3. The molecule has 0 spiro atoms. The summed E-state index contributed by atoms with van der Waals surface area (Å²) in [7, 11) is -3.58. The summed E-state index contributed by atoms with van der Waals surface area (Å²) in [6, 6.07) is 6.44. The molecule has 2 fully saturated rings. The van der Waals surface area contributed by atoms with E-state index in [-0.39, 0.29) is 35.9 Å². The number of likely N-dealkylation sites (tertiary alicyclic amines) is 1. The van der Waals surface area contributed by atoms with Gasteiger partial charge in [0.2, 0.25) is 27.7 Å². The van der Waals surface area contributed by atoms with Gasteiger partial charge in [0.05, 0.1) is 23.3 Å². The summed E-state index contributed by atoms with van der Waals surface area (Å²) in [5.41, 5.74) is 1.68. The first-order chi connectivity index (χ1) is 14.3. The molecule has 0 radical (unpaired) electrons. The van der Waals surface area contributed by atoms with E-state index in [4.69, 9.17) is 0 Å². The van der Waals surface area contributed by atoms with Gasteiger partial charge in [-0.3, -0.25) is 23.6 Å². The first-order valence-electron chi connectivity index (χ1n) is 10.5. The van der Waals surface area contributed by atoms with Crippen LogP contribution in [0.3, 0.4) is 0 Å². The molecule has 3 aliphatic rings. The predicted octanol–water partition coefficient (Wildman–Crippen LogP) is 1.06. The van der Waals surface area contributed by atoms with Crippen molar-refractivity contribution in [1.29, 1.82) is 0 Å². The second-order valence-electron chi connectivity index (χ2n) is 8.28. The third-order valence-corrected chi connectivity index (χ3v) is 8.25. The van der Waals surface area contributed by atoms with Crippen LogP contribution in [0, 0.1) is 11.8 Å². The number of carbonyl (C=O) groups excluding carboxylic acids is 3. The molecule has 3 amide bonds. The van der Waals surface area contributed by atoms with E-state index >= 15 is 0 Å². The maximum absolute atomic E-state index is 12.7. The normalized spacial score (nSPS) is 24.6. The van der Waals surface area contributed by atoms with Crippen molar-refractivity contribution < 1.29 is 22.8 Å². The van der Waals surface area contributed by atoms with E-state index in [1.54, 1.807) is 12.1 Å². The number of nitrogens with one attached hydrogen (secondary N) is 1. The number of hydrogen-bond donors (Lipinski definition) is 1. The van der Waals surface area contributed by atoms with Crippen LogP contribution in [0.2, 0.25) is 0 Å². The SMILES string of the molecule is CC(C(=O)NCCS(=O)(=O)N1CCc2ccccc21)N1C(=O)C2CCCCC2C1=O. The number of nitrogens with zero attached hydrogens (tertiary/aromatic N) is 2. The molecule has 1 N–H and O–H groups in total. The lowest BCUT2D eigenvalue weighted by Crippen LogP contribution is -2.49. The quantitative estimate of drug-likeness (QED) is 0.676. The average Bonchev–Trinajstić information content (AvgIpc) is 3.28. The Balaban J connectivity index is 1.35. The van der Waals surface area contributed by atoms with Crippen LogP contribution in [0.1, 0.15) is 38.2 Å². The van der Waals surface area contributed by atoms with Gasteiger partial charge in [-0.15, -0.1) is 0 Å². The van der Waals surface area contributed by atoms with E-state index in [9.17, 15) is 22.8 Å². The molecule has 0 aromatic heterocycles. The third-order valence-electron chi connectivity index (χ3n) is 6.48. The zero-order chi connectivity index (χ0) is 21.5. The van der Waals surface area contributed by atoms with Gasteiger partial charge in [-0.1, -0.05) is 31.0 Å². The summed E-state index contributed by atoms with van der Waals surface area (Å²) in [5.74, 6) is -1.91. The standard InChI is InChI=1S/C21H27N3O5S/c1-14(24-20(26)16-7-3-4-8-17(16)21(24)27)19(25)22-11-13-30(28,29)23-12-10-15-6-2-5-9-18(15)23/h2,5-6,9,14,16-17H,3-4,7-8,10-13H2,1H3,(H,22,25). The van der Waals surface area contributed by atoms with Gasteiger partial charge in [0, 0.05) is 13.1 Å². The van der Waals surface area contributed by atoms with Gasteiger partial charge in [-0.2, -0.15) is 0 Å². The van der Waals surface area contributed by atoms with Crippen molar-refractivity contribution in [1.82, 2.24) is 10.2 Å². The molecule has 1 aromatic rings. The zero-order valence-electron chi connectivity index (χ0n) is 17.0. The predicted molar refractivity (Wildman–Crippen MR) is 111 cm³/mol. The lowest BCUT2D eigenvalue weighted by Gasteiger charge is -2.23. The number of amides is 3. The number of sulfonamides is 1. The molecule has 0 bridgehead atoms. The highest BCUT2D eigenvalue weighted by atomic mass is 32.2. The molecular formula is C21H27N3O5S. The smallest absolute Gasteiger partial charge is 0.243 e. The van der Waals surface area contributed by atoms with E-state index < -0.39 is 22.0 Å². The van der Waals surface area contributed by atoms with Gasteiger partial charge in [0.15, 0.2) is 0 Å². The van der Waals surface area contributed by atoms with E-state index in [1.807, 2.05) is 12.1 Å². The Labute approximate surface area is 176 Å². The first kappa shape index (κ1) is 20.8. The third kappa shape index (κ3) is 3.59. The van der Waals surface area contributed by atoms with E-state index in [2.05, 4.69) is 5.32 Å². The molecule has 1 aliphatic carbocycles. The highest BCUT2D eigenvalue weighted by Gasteiger charge is 2.50. The van der Waals surface area contributed by atoms with Gasteiger partial charge >= 0.3 is 0 Å². The Morgan fingerprint density at radius 3 is 2.43 bits per heavy atom. The van der Waals surface area contributed by atoms with Gasteiger partial charge in [0.25, 0.3) is 0 Å². The first-order valence-corrected chi connectivity index (χ1v) is 12.1. The van der Waals surface area contributed by atoms with Crippen LogP contribution in [0.25, 0.3) is 0 Å².